The summed E-state index contributed by atoms with van der Waals surface area (Å²) < 4.78 is 0. The van der Waals surface area contributed by atoms with E-state index in [0.717, 1.165) is 27.8 Å². The molecule has 1 heterocycles. The highest BCUT2D eigenvalue weighted by Crippen LogP contribution is 2.28. The van der Waals surface area contributed by atoms with Crippen molar-refractivity contribution >= 4 is 33.6 Å². The molecule has 0 atom stereocenters. The van der Waals surface area contributed by atoms with Gasteiger partial charge in [-0.3, -0.25) is 4.79 Å². The first-order valence-corrected chi connectivity index (χ1v) is 8.52. The Labute approximate surface area is 145 Å². The molecule has 2 aromatic carbocycles. The zero-order valence-corrected chi connectivity index (χ0v) is 14.7. The number of thiazole rings is 1. The van der Waals surface area contributed by atoms with Gasteiger partial charge in [0.1, 0.15) is 0 Å². The number of carbonyl (C=O) groups excluding carboxylic acids is 1. The van der Waals surface area contributed by atoms with Crippen molar-refractivity contribution in [1.82, 2.24) is 4.98 Å². The van der Waals surface area contributed by atoms with Crippen molar-refractivity contribution in [2.75, 3.05) is 24.3 Å². The van der Waals surface area contributed by atoms with Gasteiger partial charge in [-0.2, -0.15) is 0 Å². The molecule has 4 nitrogen and oxygen atoms in total. The first kappa shape index (κ1) is 16.2. The first-order valence-electron chi connectivity index (χ1n) is 7.64. The van der Waals surface area contributed by atoms with Crippen LogP contribution in [0.15, 0.2) is 53.9 Å². The summed E-state index contributed by atoms with van der Waals surface area (Å²) in [5.41, 5.74) is 4.84. The van der Waals surface area contributed by atoms with Crippen LogP contribution in [0, 0.1) is 0 Å². The maximum Gasteiger partial charge on any atom is 0.187 e. The normalized spacial score (nSPS) is 10.5. The molecule has 0 aliphatic carbocycles. The quantitative estimate of drug-likeness (QED) is 0.678. The van der Waals surface area contributed by atoms with Gasteiger partial charge in [-0.15, -0.1) is 11.3 Å². The molecule has 3 rings (SSSR count). The summed E-state index contributed by atoms with van der Waals surface area (Å²) in [7, 11) is 4.05. The van der Waals surface area contributed by atoms with E-state index < -0.39 is 0 Å². The van der Waals surface area contributed by atoms with Crippen LogP contribution in [0.25, 0.3) is 11.3 Å². The number of benzene rings is 2. The largest absolute Gasteiger partial charge is 0.378 e. The summed E-state index contributed by atoms with van der Waals surface area (Å²) >= 11 is 1.56. The average Bonchev–Trinajstić information content (AvgIpc) is 3.04. The van der Waals surface area contributed by atoms with Crippen molar-refractivity contribution in [3.05, 3.63) is 59.5 Å². The van der Waals surface area contributed by atoms with Crippen LogP contribution in [0.4, 0.5) is 16.5 Å². The molecule has 0 amide bonds. The van der Waals surface area contributed by atoms with E-state index in [4.69, 9.17) is 0 Å². The third kappa shape index (κ3) is 3.63. The van der Waals surface area contributed by atoms with Gasteiger partial charge in [0.25, 0.3) is 0 Å². The van der Waals surface area contributed by atoms with E-state index in [-0.39, 0.29) is 5.78 Å². The van der Waals surface area contributed by atoms with Crippen molar-refractivity contribution in [2.24, 2.45) is 0 Å². The van der Waals surface area contributed by atoms with Gasteiger partial charge in [0, 0.05) is 42.0 Å². The molecule has 1 N–H and O–H groups in total. The minimum absolute atomic E-state index is 0.0688. The number of rotatable bonds is 5. The Morgan fingerprint density at radius 2 is 1.71 bits per heavy atom. The van der Waals surface area contributed by atoms with Gasteiger partial charge in [0.2, 0.25) is 0 Å². The minimum atomic E-state index is 0.0688. The lowest BCUT2D eigenvalue weighted by atomic mass is 10.1. The van der Waals surface area contributed by atoms with Gasteiger partial charge in [0.15, 0.2) is 10.9 Å². The van der Waals surface area contributed by atoms with Gasteiger partial charge >= 0.3 is 0 Å². The predicted molar refractivity (Wildman–Crippen MR) is 102 cm³/mol. The van der Waals surface area contributed by atoms with Crippen LogP contribution < -0.4 is 10.2 Å². The van der Waals surface area contributed by atoms with Crippen LogP contribution in [0.1, 0.15) is 17.3 Å². The highest BCUT2D eigenvalue weighted by Gasteiger charge is 2.06. The van der Waals surface area contributed by atoms with Crippen LogP contribution in [0.5, 0.6) is 0 Å². The molecule has 0 bridgehead atoms. The Bertz CT molecular complexity index is 836. The number of aromatic nitrogens is 1. The average molecular weight is 337 g/mol. The second kappa shape index (κ2) is 6.84. The molecule has 0 spiro atoms. The fourth-order valence-electron chi connectivity index (χ4n) is 2.31. The SMILES string of the molecule is CC(=O)c1ccc(Nc2nc(-c3ccc(N(C)C)cc3)cs2)cc1. The smallest absolute Gasteiger partial charge is 0.187 e. The standard InChI is InChI=1S/C19H19N3OS/c1-13(23)14-4-8-16(9-5-14)20-19-21-18(12-24-19)15-6-10-17(11-7-15)22(2)3/h4-12H,1-3H3,(H,20,21). The van der Waals surface area contributed by atoms with Crippen LogP contribution in [-0.4, -0.2) is 24.9 Å². The first-order chi connectivity index (χ1) is 11.5. The fraction of sp³-hybridized carbons (Fsp3) is 0.158. The third-order valence-electron chi connectivity index (χ3n) is 3.73. The summed E-state index contributed by atoms with van der Waals surface area (Å²) in [5, 5.41) is 6.15. The van der Waals surface area contributed by atoms with E-state index in [1.54, 1.807) is 18.3 Å². The van der Waals surface area contributed by atoms with Crippen LogP contribution >= 0.6 is 11.3 Å². The summed E-state index contributed by atoms with van der Waals surface area (Å²) in [6.45, 7) is 1.57. The molecule has 24 heavy (non-hydrogen) atoms. The van der Waals surface area contributed by atoms with E-state index in [9.17, 15) is 4.79 Å². The molecular formula is C19H19N3OS. The third-order valence-corrected chi connectivity index (χ3v) is 4.48. The number of Topliss-reactive ketones (excluding diaryl/α,β-unsaturated/α-hetero) is 1. The van der Waals surface area contributed by atoms with Gasteiger partial charge in [-0.1, -0.05) is 12.1 Å². The molecule has 5 heteroatoms. The second-order valence-corrected chi connectivity index (χ2v) is 6.60. The van der Waals surface area contributed by atoms with Crippen molar-refractivity contribution in [3.8, 4) is 11.3 Å². The van der Waals surface area contributed by atoms with Gasteiger partial charge in [-0.05, 0) is 43.3 Å². The molecule has 0 unspecified atom stereocenters. The number of carbonyl (C=O) groups is 1. The lowest BCUT2D eigenvalue weighted by Crippen LogP contribution is -2.07. The Balaban J connectivity index is 1.74. The molecule has 0 aliphatic heterocycles. The van der Waals surface area contributed by atoms with Crippen molar-refractivity contribution in [3.63, 3.8) is 0 Å². The minimum Gasteiger partial charge on any atom is -0.378 e. The number of nitrogens with one attached hydrogen (secondary N) is 1. The summed E-state index contributed by atoms with van der Waals surface area (Å²) in [5.74, 6) is 0.0688. The van der Waals surface area contributed by atoms with Gasteiger partial charge < -0.3 is 10.2 Å². The number of nitrogens with zero attached hydrogens (tertiary/aromatic N) is 2. The Morgan fingerprint density at radius 3 is 2.29 bits per heavy atom. The Hall–Kier alpha value is -2.66. The fourth-order valence-corrected chi connectivity index (χ4v) is 3.05. The molecule has 1 aromatic heterocycles. The van der Waals surface area contributed by atoms with Crippen molar-refractivity contribution in [2.45, 2.75) is 6.92 Å². The monoisotopic (exact) mass is 337 g/mol. The second-order valence-electron chi connectivity index (χ2n) is 5.74. The topological polar surface area (TPSA) is 45.2 Å². The molecule has 0 saturated heterocycles. The van der Waals surface area contributed by atoms with Crippen molar-refractivity contribution < 1.29 is 4.79 Å². The van der Waals surface area contributed by atoms with E-state index in [1.165, 1.54) is 0 Å². The highest BCUT2D eigenvalue weighted by atomic mass is 32.1. The lowest BCUT2D eigenvalue weighted by Gasteiger charge is -2.12. The molecule has 0 fully saturated rings. The van der Waals surface area contributed by atoms with Gasteiger partial charge in [0.05, 0.1) is 5.69 Å². The molecule has 0 radical (unpaired) electrons. The molecule has 0 aliphatic rings. The molecule has 3 aromatic rings. The van der Waals surface area contributed by atoms with Gasteiger partial charge in [-0.25, -0.2) is 4.98 Å². The molecule has 0 saturated carbocycles. The summed E-state index contributed by atoms with van der Waals surface area (Å²) in [6.07, 6.45) is 0. The maximum absolute atomic E-state index is 11.3. The summed E-state index contributed by atoms with van der Waals surface area (Å²) in [4.78, 5) is 18.0. The van der Waals surface area contributed by atoms with E-state index in [1.807, 2.05) is 43.7 Å². The number of hydrogen-bond acceptors (Lipinski definition) is 5. The van der Waals surface area contributed by atoms with Crippen LogP contribution in [0.2, 0.25) is 0 Å². The van der Waals surface area contributed by atoms with Crippen LogP contribution in [0.3, 0.4) is 0 Å². The number of hydrogen-bond donors (Lipinski definition) is 1. The Kier molecular flexibility index (Phi) is 4.62. The van der Waals surface area contributed by atoms with Crippen LogP contribution in [-0.2, 0) is 0 Å². The van der Waals surface area contributed by atoms with E-state index in [2.05, 4.69) is 39.5 Å². The zero-order chi connectivity index (χ0) is 17.1. The zero-order valence-electron chi connectivity index (χ0n) is 13.9. The molecular weight excluding hydrogens is 318 g/mol. The predicted octanol–water partition coefficient (Wildman–Crippen LogP) is 4.82. The Morgan fingerprint density at radius 1 is 1.04 bits per heavy atom. The molecule has 122 valence electrons. The van der Waals surface area contributed by atoms with E-state index >= 15 is 0 Å². The number of ketones is 1. The lowest BCUT2D eigenvalue weighted by molar-refractivity contribution is 0.101. The maximum atomic E-state index is 11.3. The highest BCUT2D eigenvalue weighted by molar-refractivity contribution is 7.14. The number of anilines is 3. The van der Waals surface area contributed by atoms with Crippen molar-refractivity contribution in [1.29, 1.82) is 0 Å². The summed E-state index contributed by atoms with van der Waals surface area (Å²) in [6, 6.07) is 15.8. The van der Waals surface area contributed by atoms with E-state index in [0.29, 0.717) is 5.56 Å².